The molecule has 4 rings (SSSR count). The SMILES string of the molecule is O=Nn1c2c3c(c1c1cnccc12)C(=O)NC3=O. The molecule has 7 nitrogen and oxygen atoms in total. The predicted molar refractivity (Wildman–Crippen MR) is 61.4 cm³/mol. The smallest absolute Gasteiger partial charge is 0.261 e. The summed E-state index contributed by atoms with van der Waals surface area (Å²) in [6.45, 7) is 0. The lowest BCUT2D eigenvalue weighted by Gasteiger charge is -1.94. The first kappa shape index (κ1) is 9.23. The minimum atomic E-state index is -0.497. The molecule has 86 valence electrons. The van der Waals surface area contributed by atoms with Crippen LogP contribution in [-0.4, -0.2) is 21.5 Å². The van der Waals surface area contributed by atoms with Crippen LogP contribution in [0.4, 0.5) is 0 Å². The highest BCUT2D eigenvalue weighted by Crippen LogP contribution is 2.40. The van der Waals surface area contributed by atoms with E-state index in [4.69, 9.17) is 0 Å². The standard InChI is InChI=1S/C11H4N4O3/c16-10-6-7(11(17)13-10)9-5-3-12-2-1-4(5)8(6)15(9)14-18/h1-3H,(H,13,16,17). The fraction of sp³-hybridized carbons (Fsp3) is 0. The molecule has 0 saturated carbocycles. The van der Waals surface area contributed by atoms with Gasteiger partial charge in [-0.25, -0.2) is 0 Å². The van der Waals surface area contributed by atoms with Gasteiger partial charge in [0.25, 0.3) is 11.8 Å². The van der Waals surface area contributed by atoms with Crippen molar-refractivity contribution in [2.45, 2.75) is 0 Å². The maximum atomic E-state index is 11.7. The van der Waals surface area contributed by atoms with Crippen molar-refractivity contribution in [3.63, 3.8) is 0 Å². The number of carbonyl (C=O) groups excluding carboxylic acids is 2. The number of carbonyl (C=O) groups is 2. The summed E-state index contributed by atoms with van der Waals surface area (Å²) in [6.07, 6.45) is 3.11. The number of nitrogens with one attached hydrogen (secondary N) is 1. The van der Waals surface area contributed by atoms with Gasteiger partial charge in [-0.3, -0.25) is 19.9 Å². The zero-order valence-corrected chi connectivity index (χ0v) is 8.80. The summed E-state index contributed by atoms with van der Waals surface area (Å²) in [4.78, 5) is 38.3. The van der Waals surface area contributed by atoms with E-state index in [9.17, 15) is 14.5 Å². The largest absolute Gasteiger partial charge is 0.288 e. The first-order chi connectivity index (χ1) is 8.74. The zero-order chi connectivity index (χ0) is 12.4. The van der Waals surface area contributed by atoms with Gasteiger partial charge in [0.2, 0.25) is 0 Å². The molecule has 1 N–H and O–H groups in total. The summed E-state index contributed by atoms with van der Waals surface area (Å²) in [5.41, 5.74) is 1.17. The number of hydrogen-bond donors (Lipinski definition) is 1. The molecule has 0 atom stereocenters. The summed E-state index contributed by atoms with van der Waals surface area (Å²) in [5.74, 6) is -0.987. The summed E-state index contributed by atoms with van der Waals surface area (Å²) in [6, 6.07) is 1.69. The van der Waals surface area contributed by atoms with Crippen molar-refractivity contribution in [1.82, 2.24) is 15.0 Å². The Hall–Kier alpha value is -2.83. The third-order valence-corrected chi connectivity index (χ3v) is 3.24. The molecule has 2 amide bonds. The molecule has 4 heterocycles. The Morgan fingerprint density at radius 2 is 1.78 bits per heavy atom. The zero-order valence-electron chi connectivity index (χ0n) is 8.80. The van der Waals surface area contributed by atoms with Gasteiger partial charge in [-0.05, 0) is 6.07 Å². The second kappa shape index (κ2) is 2.70. The maximum Gasteiger partial charge on any atom is 0.261 e. The number of nitrogens with zero attached hydrogens (tertiary/aromatic N) is 3. The molecular weight excluding hydrogens is 236 g/mol. The lowest BCUT2D eigenvalue weighted by Crippen LogP contribution is -2.21. The molecule has 0 unspecified atom stereocenters. The molecule has 0 aromatic carbocycles. The second-order valence-electron chi connectivity index (χ2n) is 4.05. The Balaban J connectivity index is 2.37. The summed E-state index contributed by atoms with van der Waals surface area (Å²) in [5, 5.41) is 6.45. The molecule has 3 aromatic heterocycles. The third kappa shape index (κ3) is 0.775. The van der Waals surface area contributed by atoms with Gasteiger partial charge in [0.1, 0.15) is 0 Å². The van der Waals surface area contributed by atoms with Gasteiger partial charge in [0.15, 0.2) is 0 Å². The topological polar surface area (TPSA) is 93.4 Å². The number of imide groups is 1. The molecule has 1 aliphatic heterocycles. The van der Waals surface area contributed by atoms with E-state index in [1.165, 1.54) is 0 Å². The van der Waals surface area contributed by atoms with Crippen molar-refractivity contribution in [2.75, 3.05) is 0 Å². The van der Waals surface area contributed by atoms with Crippen LogP contribution in [0.3, 0.4) is 0 Å². The van der Waals surface area contributed by atoms with Gasteiger partial charge >= 0.3 is 0 Å². The van der Waals surface area contributed by atoms with E-state index in [0.29, 0.717) is 21.8 Å². The molecule has 0 fully saturated rings. The Labute approximate surface area is 98.7 Å². The van der Waals surface area contributed by atoms with Crippen molar-refractivity contribution < 1.29 is 9.59 Å². The van der Waals surface area contributed by atoms with E-state index >= 15 is 0 Å². The average Bonchev–Trinajstić information content (AvgIpc) is 2.97. The normalized spacial score (nSPS) is 14.4. The van der Waals surface area contributed by atoms with Gasteiger partial charge in [-0.1, -0.05) is 0 Å². The van der Waals surface area contributed by atoms with E-state index < -0.39 is 11.8 Å². The molecule has 2 bridgehead atoms. The van der Waals surface area contributed by atoms with Crippen LogP contribution in [0.15, 0.2) is 23.7 Å². The van der Waals surface area contributed by atoms with Crippen molar-refractivity contribution in [1.29, 1.82) is 0 Å². The molecule has 0 aliphatic carbocycles. The highest BCUT2D eigenvalue weighted by Gasteiger charge is 2.38. The van der Waals surface area contributed by atoms with Crippen LogP contribution >= 0.6 is 0 Å². The summed E-state index contributed by atoms with van der Waals surface area (Å²) >= 11 is 0. The van der Waals surface area contributed by atoms with E-state index in [0.717, 1.165) is 4.68 Å². The quantitative estimate of drug-likeness (QED) is 0.508. The number of fused-ring (bicyclic) bond motifs is 8. The monoisotopic (exact) mass is 240 g/mol. The van der Waals surface area contributed by atoms with E-state index in [1.807, 2.05) is 0 Å². The molecule has 18 heavy (non-hydrogen) atoms. The lowest BCUT2D eigenvalue weighted by molar-refractivity contribution is 0.0880. The number of hydrogen-bond acceptors (Lipinski definition) is 5. The first-order valence-corrected chi connectivity index (χ1v) is 5.17. The van der Waals surface area contributed by atoms with Crippen molar-refractivity contribution in [2.24, 2.45) is 5.29 Å². The number of nitroso groups, excluding NO2 is 1. The number of pyridine rings is 1. The molecule has 0 saturated heterocycles. The Bertz CT molecular complexity index is 799. The van der Waals surface area contributed by atoms with Gasteiger partial charge < -0.3 is 0 Å². The number of benzene rings is 1. The van der Waals surface area contributed by atoms with Gasteiger partial charge in [0, 0.05) is 23.2 Å². The fourth-order valence-corrected chi connectivity index (χ4v) is 2.60. The third-order valence-electron chi connectivity index (χ3n) is 3.24. The number of rotatable bonds is 1. The fourth-order valence-electron chi connectivity index (χ4n) is 2.60. The highest BCUT2D eigenvalue weighted by molar-refractivity contribution is 6.35. The Morgan fingerprint density at radius 3 is 2.44 bits per heavy atom. The lowest BCUT2D eigenvalue weighted by atomic mass is 10.0. The van der Waals surface area contributed by atoms with Crippen LogP contribution in [0, 0.1) is 4.91 Å². The van der Waals surface area contributed by atoms with Crippen LogP contribution in [0.2, 0.25) is 0 Å². The average molecular weight is 240 g/mol. The molecule has 0 radical (unpaired) electrons. The van der Waals surface area contributed by atoms with Crippen LogP contribution < -0.4 is 5.32 Å². The Kier molecular flexibility index (Phi) is 1.38. The molecule has 7 heteroatoms. The predicted octanol–water partition coefficient (Wildman–Crippen LogP) is 1.04. The molecular formula is C11H4N4O3. The first-order valence-electron chi connectivity index (χ1n) is 5.17. The van der Waals surface area contributed by atoms with E-state index in [1.54, 1.807) is 18.5 Å². The van der Waals surface area contributed by atoms with Crippen molar-refractivity contribution in [3.8, 4) is 0 Å². The van der Waals surface area contributed by atoms with Crippen molar-refractivity contribution >= 4 is 33.6 Å². The summed E-state index contributed by atoms with van der Waals surface area (Å²) < 4.78 is 1.09. The maximum absolute atomic E-state index is 11.7. The molecule has 0 spiro atoms. The molecule has 3 aromatic rings. The van der Waals surface area contributed by atoms with Gasteiger partial charge in [0.05, 0.1) is 27.4 Å². The van der Waals surface area contributed by atoms with E-state index in [2.05, 4.69) is 15.6 Å². The van der Waals surface area contributed by atoms with Crippen LogP contribution in [0.1, 0.15) is 20.7 Å². The van der Waals surface area contributed by atoms with Gasteiger partial charge in [-0.2, -0.15) is 4.68 Å². The van der Waals surface area contributed by atoms with E-state index in [-0.39, 0.29) is 11.1 Å². The van der Waals surface area contributed by atoms with Gasteiger partial charge in [-0.15, -0.1) is 4.91 Å². The Morgan fingerprint density at radius 1 is 1.11 bits per heavy atom. The number of aromatic nitrogens is 2. The highest BCUT2D eigenvalue weighted by atomic mass is 16.3. The molecule has 1 aliphatic rings. The minimum absolute atomic E-state index is 0.218. The van der Waals surface area contributed by atoms with Crippen LogP contribution in [0.25, 0.3) is 21.8 Å². The summed E-state index contributed by atoms with van der Waals surface area (Å²) in [7, 11) is 0. The number of amides is 2. The second-order valence-corrected chi connectivity index (χ2v) is 4.05. The van der Waals surface area contributed by atoms with Crippen molar-refractivity contribution in [3.05, 3.63) is 34.5 Å². The van der Waals surface area contributed by atoms with Crippen LogP contribution in [-0.2, 0) is 0 Å². The van der Waals surface area contributed by atoms with Crippen LogP contribution in [0.5, 0.6) is 0 Å². The minimum Gasteiger partial charge on any atom is -0.288 e.